The predicted octanol–water partition coefficient (Wildman–Crippen LogP) is 5.68. The summed E-state index contributed by atoms with van der Waals surface area (Å²) in [6.07, 6.45) is 0. The minimum Gasteiger partial charge on any atom is -0.303 e. The molecule has 0 saturated carbocycles. The second-order valence-corrected chi connectivity index (χ2v) is 5.76. The first kappa shape index (κ1) is 16.2. The van der Waals surface area contributed by atoms with Crippen LogP contribution >= 0.6 is 23.2 Å². The molecule has 0 aliphatic heterocycles. The second-order valence-electron chi connectivity index (χ2n) is 4.92. The van der Waals surface area contributed by atoms with Crippen LogP contribution in [0.3, 0.4) is 0 Å². The van der Waals surface area contributed by atoms with Gasteiger partial charge in [-0.25, -0.2) is 8.78 Å². The molecule has 1 N–H and O–H groups in total. The van der Waals surface area contributed by atoms with Crippen molar-refractivity contribution in [3.05, 3.63) is 69.2 Å². The fraction of sp³-hybridized carbons (Fsp3) is 0.250. The Kier molecular flexibility index (Phi) is 5.20. The molecule has 0 fully saturated rings. The van der Waals surface area contributed by atoms with Gasteiger partial charge in [0.15, 0.2) is 11.6 Å². The molecule has 2 atom stereocenters. The lowest BCUT2D eigenvalue weighted by Crippen LogP contribution is -2.23. The Morgan fingerprint density at radius 3 is 2.29 bits per heavy atom. The molecule has 2 unspecified atom stereocenters. The fourth-order valence-electron chi connectivity index (χ4n) is 2.26. The Morgan fingerprint density at radius 2 is 1.62 bits per heavy atom. The molecule has 0 aliphatic carbocycles. The molecule has 0 radical (unpaired) electrons. The molecule has 0 aromatic heterocycles. The van der Waals surface area contributed by atoms with E-state index >= 15 is 0 Å². The van der Waals surface area contributed by atoms with Gasteiger partial charge in [0.05, 0.1) is 0 Å². The molecule has 0 aliphatic rings. The van der Waals surface area contributed by atoms with E-state index in [0.29, 0.717) is 10.0 Å². The van der Waals surface area contributed by atoms with Crippen molar-refractivity contribution in [1.82, 2.24) is 5.32 Å². The number of benzene rings is 2. The van der Waals surface area contributed by atoms with Crippen LogP contribution in [0.1, 0.15) is 37.1 Å². The first-order valence-electron chi connectivity index (χ1n) is 6.55. The highest BCUT2D eigenvalue weighted by Crippen LogP contribution is 2.28. The van der Waals surface area contributed by atoms with Crippen LogP contribution in [0.2, 0.25) is 10.0 Å². The number of nitrogens with one attached hydrogen (secondary N) is 1. The Balaban J connectivity index is 2.18. The molecular weight excluding hydrogens is 315 g/mol. The van der Waals surface area contributed by atoms with Gasteiger partial charge in [0.1, 0.15) is 0 Å². The maximum Gasteiger partial charge on any atom is 0.163 e. The summed E-state index contributed by atoms with van der Waals surface area (Å²) in [5.74, 6) is -1.68. The smallest absolute Gasteiger partial charge is 0.163 e. The Bertz CT molecular complexity index is 646. The highest BCUT2D eigenvalue weighted by Gasteiger charge is 2.18. The van der Waals surface area contributed by atoms with Gasteiger partial charge >= 0.3 is 0 Å². The summed E-state index contributed by atoms with van der Waals surface area (Å²) in [6.45, 7) is 3.68. The number of hydrogen-bond donors (Lipinski definition) is 1. The van der Waals surface area contributed by atoms with Crippen LogP contribution in [-0.2, 0) is 0 Å². The molecule has 21 heavy (non-hydrogen) atoms. The Labute approximate surface area is 132 Å². The summed E-state index contributed by atoms with van der Waals surface area (Å²) in [7, 11) is 0. The van der Waals surface area contributed by atoms with Crippen LogP contribution in [0.5, 0.6) is 0 Å². The number of rotatable bonds is 4. The lowest BCUT2D eigenvalue weighted by Gasteiger charge is -2.22. The summed E-state index contributed by atoms with van der Waals surface area (Å²) in [6, 6.07) is 8.88. The molecular formula is C16H15Cl2F2N. The Morgan fingerprint density at radius 1 is 0.952 bits per heavy atom. The minimum absolute atomic E-state index is 0.132. The SMILES string of the molecule is CC(NC(C)c1cccc(F)c1F)c1ccc(Cl)cc1Cl. The van der Waals surface area contributed by atoms with E-state index in [1.807, 2.05) is 13.0 Å². The molecule has 0 heterocycles. The topological polar surface area (TPSA) is 12.0 Å². The van der Waals surface area contributed by atoms with Crippen LogP contribution in [0.25, 0.3) is 0 Å². The maximum absolute atomic E-state index is 13.8. The molecule has 1 nitrogen and oxygen atoms in total. The molecule has 0 saturated heterocycles. The third-order valence-electron chi connectivity index (χ3n) is 3.38. The average Bonchev–Trinajstić information content (AvgIpc) is 2.41. The maximum atomic E-state index is 13.8. The lowest BCUT2D eigenvalue weighted by molar-refractivity contribution is 0.449. The zero-order chi connectivity index (χ0) is 15.6. The molecule has 0 spiro atoms. The van der Waals surface area contributed by atoms with Crippen molar-refractivity contribution < 1.29 is 8.78 Å². The third-order valence-corrected chi connectivity index (χ3v) is 3.94. The average molecular weight is 330 g/mol. The van der Waals surface area contributed by atoms with Crippen molar-refractivity contribution in [3.63, 3.8) is 0 Å². The molecule has 0 bridgehead atoms. The summed E-state index contributed by atoms with van der Waals surface area (Å²) >= 11 is 12.0. The van der Waals surface area contributed by atoms with Crippen LogP contribution in [-0.4, -0.2) is 0 Å². The summed E-state index contributed by atoms with van der Waals surface area (Å²) < 4.78 is 27.0. The van der Waals surface area contributed by atoms with Crippen molar-refractivity contribution in [2.24, 2.45) is 0 Å². The van der Waals surface area contributed by atoms with E-state index in [1.165, 1.54) is 6.07 Å². The van der Waals surface area contributed by atoms with Crippen LogP contribution in [0, 0.1) is 11.6 Å². The molecule has 112 valence electrons. The summed E-state index contributed by atoms with van der Waals surface area (Å²) in [5, 5.41) is 4.30. The van der Waals surface area contributed by atoms with Gasteiger partial charge in [0.2, 0.25) is 0 Å². The van der Waals surface area contributed by atoms with Gasteiger partial charge in [0, 0.05) is 27.7 Å². The van der Waals surface area contributed by atoms with Crippen molar-refractivity contribution in [2.45, 2.75) is 25.9 Å². The molecule has 2 aromatic rings. The van der Waals surface area contributed by atoms with E-state index < -0.39 is 11.6 Å². The molecule has 0 amide bonds. The van der Waals surface area contributed by atoms with Crippen molar-refractivity contribution in [3.8, 4) is 0 Å². The minimum atomic E-state index is -0.849. The van der Waals surface area contributed by atoms with Crippen LogP contribution < -0.4 is 5.32 Å². The van der Waals surface area contributed by atoms with Gasteiger partial charge < -0.3 is 5.32 Å². The van der Waals surface area contributed by atoms with E-state index in [2.05, 4.69) is 5.32 Å². The van der Waals surface area contributed by atoms with Gasteiger partial charge in [-0.3, -0.25) is 0 Å². The first-order valence-corrected chi connectivity index (χ1v) is 7.30. The van der Waals surface area contributed by atoms with Crippen molar-refractivity contribution >= 4 is 23.2 Å². The van der Waals surface area contributed by atoms with E-state index in [4.69, 9.17) is 23.2 Å². The number of hydrogen-bond acceptors (Lipinski definition) is 1. The summed E-state index contributed by atoms with van der Waals surface area (Å²) in [4.78, 5) is 0. The third kappa shape index (κ3) is 3.73. The standard InChI is InChI=1S/C16H15Cl2F2N/c1-9(12-7-6-11(17)8-14(12)18)21-10(2)13-4-3-5-15(19)16(13)20/h3-10,21H,1-2H3. The zero-order valence-corrected chi connectivity index (χ0v) is 13.1. The highest BCUT2D eigenvalue weighted by molar-refractivity contribution is 6.35. The van der Waals surface area contributed by atoms with Crippen LogP contribution in [0.15, 0.2) is 36.4 Å². The molecule has 2 aromatic carbocycles. The zero-order valence-electron chi connectivity index (χ0n) is 11.6. The normalized spacial score (nSPS) is 14.0. The van der Waals surface area contributed by atoms with Crippen molar-refractivity contribution in [1.29, 1.82) is 0 Å². The second kappa shape index (κ2) is 6.73. The lowest BCUT2D eigenvalue weighted by atomic mass is 10.0. The largest absolute Gasteiger partial charge is 0.303 e. The van der Waals surface area contributed by atoms with Gasteiger partial charge in [-0.15, -0.1) is 0 Å². The fourth-order valence-corrected chi connectivity index (χ4v) is 2.83. The van der Waals surface area contributed by atoms with Gasteiger partial charge in [0.25, 0.3) is 0 Å². The van der Waals surface area contributed by atoms with Gasteiger partial charge in [-0.05, 0) is 37.6 Å². The highest BCUT2D eigenvalue weighted by atomic mass is 35.5. The quantitative estimate of drug-likeness (QED) is 0.760. The first-order chi connectivity index (χ1) is 9.90. The van der Waals surface area contributed by atoms with E-state index in [0.717, 1.165) is 11.6 Å². The summed E-state index contributed by atoms with van der Waals surface area (Å²) in [5.41, 5.74) is 1.14. The molecule has 5 heteroatoms. The van der Waals surface area contributed by atoms with E-state index in [1.54, 1.807) is 25.1 Å². The van der Waals surface area contributed by atoms with E-state index in [-0.39, 0.29) is 17.6 Å². The monoisotopic (exact) mass is 329 g/mol. The van der Waals surface area contributed by atoms with Crippen LogP contribution in [0.4, 0.5) is 8.78 Å². The number of halogens is 4. The predicted molar refractivity (Wildman–Crippen MR) is 82.8 cm³/mol. The van der Waals surface area contributed by atoms with Crippen molar-refractivity contribution in [2.75, 3.05) is 0 Å². The van der Waals surface area contributed by atoms with E-state index in [9.17, 15) is 8.78 Å². The van der Waals surface area contributed by atoms with Gasteiger partial charge in [-0.2, -0.15) is 0 Å². The van der Waals surface area contributed by atoms with Gasteiger partial charge in [-0.1, -0.05) is 41.4 Å². The Hall–Kier alpha value is -1.16. The molecule has 2 rings (SSSR count).